The fraction of sp³-hybridized carbons (Fsp3) is 0.364. The summed E-state index contributed by atoms with van der Waals surface area (Å²) in [5.41, 5.74) is -1.15. The van der Waals surface area contributed by atoms with E-state index in [0.29, 0.717) is 31.7 Å². The lowest BCUT2D eigenvalue weighted by Gasteiger charge is -2.37. The highest BCUT2D eigenvalue weighted by molar-refractivity contribution is 9.10. The average Bonchev–Trinajstić information content (AvgIpc) is 2.98. The van der Waals surface area contributed by atoms with Gasteiger partial charge in [0.2, 0.25) is 0 Å². The Morgan fingerprint density at radius 2 is 1.61 bits per heavy atom. The Bertz CT molecular complexity index is 1030. The Hall–Kier alpha value is -2.42. The molecular formula is C22H19BrF4N2O2. The molecule has 2 bridgehead atoms. The highest BCUT2D eigenvalue weighted by atomic mass is 79.9. The molecule has 0 radical (unpaired) electrons. The van der Waals surface area contributed by atoms with Crippen LogP contribution in [0, 0.1) is 11.6 Å². The van der Waals surface area contributed by atoms with Gasteiger partial charge in [-0.1, -0.05) is 0 Å². The van der Waals surface area contributed by atoms with Crippen molar-refractivity contribution in [3.05, 3.63) is 63.6 Å². The molecule has 2 amide bonds. The van der Waals surface area contributed by atoms with Gasteiger partial charge < -0.3 is 10.2 Å². The molecule has 4 nitrogen and oxygen atoms in total. The largest absolute Gasteiger partial charge is 0.352 e. The van der Waals surface area contributed by atoms with Crippen LogP contribution in [0.5, 0.6) is 0 Å². The highest BCUT2D eigenvalue weighted by Crippen LogP contribution is 2.41. The van der Waals surface area contributed by atoms with Crippen LogP contribution in [0.15, 0.2) is 40.9 Å². The lowest BCUT2D eigenvalue weighted by atomic mass is 9.98. The number of nitrogens with zero attached hydrogens (tertiary/aromatic N) is 1. The third-order valence-corrected chi connectivity index (χ3v) is 6.55. The van der Waals surface area contributed by atoms with Gasteiger partial charge in [-0.25, -0.2) is 8.78 Å². The van der Waals surface area contributed by atoms with Gasteiger partial charge in [0, 0.05) is 23.3 Å². The number of anilines is 1. The number of nitrogens with one attached hydrogen (secondary N) is 1. The first-order valence-electron chi connectivity index (χ1n) is 9.95. The molecule has 1 unspecified atom stereocenters. The number of amides is 2. The number of hydrogen-bond donors (Lipinski definition) is 1. The van der Waals surface area contributed by atoms with Crippen molar-refractivity contribution in [1.82, 2.24) is 4.90 Å². The second-order valence-electron chi connectivity index (χ2n) is 7.88. The first-order chi connectivity index (χ1) is 14.7. The van der Waals surface area contributed by atoms with Crippen LogP contribution in [0.3, 0.4) is 0 Å². The zero-order valence-electron chi connectivity index (χ0n) is 16.3. The first-order valence-corrected chi connectivity index (χ1v) is 10.7. The quantitative estimate of drug-likeness (QED) is 0.556. The summed E-state index contributed by atoms with van der Waals surface area (Å²) in [5, 5.41) is 2.44. The van der Waals surface area contributed by atoms with E-state index in [1.165, 1.54) is 17.0 Å². The third kappa shape index (κ3) is 4.07. The van der Waals surface area contributed by atoms with E-state index >= 15 is 8.78 Å². The zero-order chi connectivity index (χ0) is 22.3. The second kappa shape index (κ2) is 8.26. The van der Waals surface area contributed by atoms with Crippen LogP contribution in [-0.2, 0) is 10.7 Å². The van der Waals surface area contributed by atoms with E-state index in [9.17, 15) is 18.4 Å². The van der Waals surface area contributed by atoms with E-state index in [-0.39, 0.29) is 27.8 Å². The number of hydrogen-bond acceptors (Lipinski definition) is 2. The van der Waals surface area contributed by atoms with Crippen LogP contribution in [0.25, 0.3) is 0 Å². The van der Waals surface area contributed by atoms with Gasteiger partial charge in [0.25, 0.3) is 11.8 Å². The number of halogens is 5. The minimum absolute atomic E-state index is 0.110. The van der Waals surface area contributed by atoms with E-state index in [0.717, 1.165) is 24.6 Å². The number of piperidine rings is 1. The van der Waals surface area contributed by atoms with Gasteiger partial charge in [-0.3, -0.25) is 9.59 Å². The Balaban J connectivity index is 1.60. The molecule has 2 aliphatic heterocycles. The van der Waals surface area contributed by atoms with Crippen molar-refractivity contribution in [2.24, 2.45) is 0 Å². The van der Waals surface area contributed by atoms with Crippen molar-refractivity contribution in [3.63, 3.8) is 0 Å². The molecule has 0 aliphatic carbocycles. The first kappa shape index (κ1) is 21.8. The summed E-state index contributed by atoms with van der Waals surface area (Å²) in [6.45, 7) is 0. The molecule has 2 saturated heterocycles. The molecule has 2 aliphatic rings. The summed E-state index contributed by atoms with van der Waals surface area (Å²) in [6, 6.07) is 5.73. The van der Waals surface area contributed by atoms with Crippen molar-refractivity contribution >= 4 is 33.4 Å². The van der Waals surface area contributed by atoms with Crippen molar-refractivity contribution in [1.29, 1.82) is 0 Å². The number of fused-ring (bicyclic) bond motifs is 2. The molecule has 2 aromatic carbocycles. The summed E-state index contributed by atoms with van der Waals surface area (Å²) < 4.78 is 58.1. The maximum Gasteiger partial charge on any atom is 0.352 e. The molecule has 2 aromatic rings. The lowest BCUT2D eigenvalue weighted by molar-refractivity contribution is -0.164. The average molecular weight is 499 g/mol. The summed E-state index contributed by atoms with van der Waals surface area (Å²) in [5.74, 6) is -8.10. The second-order valence-corrected chi connectivity index (χ2v) is 8.73. The molecule has 164 valence electrons. The number of carbonyl (C=O) groups excluding carboxylic acids is 2. The van der Waals surface area contributed by atoms with Gasteiger partial charge in [0.15, 0.2) is 0 Å². The van der Waals surface area contributed by atoms with Gasteiger partial charge in [-0.15, -0.1) is 0 Å². The maximum atomic E-state index is 15.1. The van der Waals surface area contributed by atoms with Crippen LogP contribution in [-0.4, -0.2) is 28.8 Å². The zero-order valence-corrected chi connectivity index (χ0v) is 17.9. The summed E-state index contributed by atoms with van der Waals surface area (Å²) in [7, 11) is 0. The molecule has 2 atom stereocenters. The highest BCUT2D eigenvalue weighted by Gasteiger charge is 2.52. The van der Waals surface area contributed by atoms with Crippen molar-refractivity contribution in [3.8, 4) is 0 Å². The summed E-state index contributed by atoms with van der Waals surface area (Å²) >= 11 is 2.99. The predicted octanol–water partition coefficient (Wildman–Crippen LogP) is 5.61. The molecule has 0 saturated carbocycles. The summed E-state index contributed by atoms with van der Waals surface area (Å²) in [6.07, 6.45) is 3.55. The smallest absolute Gasteiger partial charge is 0.331 e. The van der Waals surface area contributed by atoms with Crippen LogP contribution >= 0.6 is 15.9 Å². The third-order valence-electron chi connectivity index (χ3n) is 5.94. The number of alkyl halides is 2. The van der Waals surface area contributed by atoms with Gasteiger partial charge in [0.1, 0.15) is 11.6 Å². The van der Waals surface area contributed by atoms with Crippen LogP contribution in [0.1, 0.15) is 48.0 Å². The van der Waals surface area contributed by atoms with Crippen molar-refractivity contribution in [2.75, 3.05) is 5.32 Å². The summed E-state index contributed by atoms with van der Waals surface area (Å²) in [4.78, 5) is 26.5. The molecule has 4 rings (SSSR count). The molecule has 0 spiro atoms. The molecule has 0 aromatic heterocycles. The standard InChI is InChI=1S/C22H19BrF4N2O2/c23-17-11-13(5-9-19(17)25)28-20(30)12-4-8-18(24)16(10-12)22(26,27)21(31)29-14-2-1-3-15(29)7-6-14/h4-5,8-11,14-15H,1-3,6-7H2,(H,28,30)/t14-,15?/m1/s1. The minimum Gasteiger partial charge on any atom is -0.331 e. The fourth-order valence-electron chi connectivity index (χ4n) is 4.41. The minimum atomic E-state index is -4.10. The lowest BCUT2D eigenvalue weighted by Crippen LogP contribution is -2.50. The van der Waals surface area contributed by atoms with Crippen LogP contribution in [0.2, 0.25) is 0 Å². The predicted molar refractivity (Wildman–Crippen MR) is 110 cm³/mol. The van der Waals surface area contributed by atoms with E-state index in [2.05, 4.69) is 21.2 Å². The van der Waals surface area contributed by atoms with Gasteiger partial charge in [-0.2, -0.15) is 8.78 Å². The molecule has 31 heavy (non-hydrogen) atoms. The maximum absolute atomic E-state index is 15.1. The normalized spacial score (nSPS) is 20.6. The monoisotopic (exact) mass is 498 g/mol. The van der Waals surface area contributed by atoms with Crippen molar-refractivity contribution < 1.29 is 27.2 Å². The molecular weight excluding hydrogens is 480 g/mol. The van der Waals surface area contributed by atoms with E-state index < -0.39 is 34.9 Å². The van der Waals surface area contributed by atoms with Gasteiger partial charge in [-0.05, 0) is 84.4 Å². The molecule has 1 N–H and O–H groups in total. The van der Waals surface area contributed by atoms with Crippen LogP contribution < -0.4 is 5.32 Å². The van der Waals surface area contributed by atoms with Gasteiger partial charge in [0.05, 0.1) is 10.0 Å². The topological polar surface area (TPSA) is 49.4 Å². The fourth-order valence-corrected chi connectivity index (χ4v) is 4.79. The Morgan fingerprint density at radius 3 is 2.26 bits per heavy atom. The Kier molecular flexibility index (Phi) is 5.81. The van der Waals surface area contributed by atoms with E-state index in [4.69, 9.17) is 0 Å². The molecule has 2 fully saturated rings. The van der Waals surface area contributed by atoms with Crippen LogP contribution in [0.4, 0.5) is 23.2 Å². The molecule has 9 heteroatoms. The van der Waals surface area contributed by atoms with E-state index in [1.54, 1.807) is 0 Å². The Morgan fingerprint density at radius 1 is 0.968 bits per heavy atom. The van der Waals surface area contributed by atoms with Gasteiger partial charge >= 0.3 is 5.92 Å². The number of rotatable bonds is 4. The number of benzene rings is 2. The number of carbonyl (C=O) groups is 2. The SMILES string of the molecule is O=C(Nc1ccc(F)c(Br)c1)c1ccc(F)c(C(F)(F)C(=O)N2C3CCC[C@@H]2CC3)c1. The van der Waals surface area contributed by atoms with Crippen molar-refractivity contribution in [2.45, 2.75) is 50.1 Å². The molecule has 2 heterocycles. The Labute approximate surface area is 184 Å². The van der Waals surface area contributed by atoms with E-state index in [1.807, 2.05) is 0 Å².